The zero-order valence-corrected chi connectivity index (χ0v) is 16.0. The monoisotopic (exact) mass is 408 g/mol. The van der Waals surface area contributed by atoms with Crippen LogP contribution in [-0.2, 0) is 13.5 Å². The lowest BCUT2D eigenvalue weighted by Gasteiger charge is -2.16. The third-order valence-electron chi connectivity index (χ3n) is 4.27. The van der Waals surface area contributed by atoms with Crippen LogP contribution in [0.3, 0.4) is 0 Å². The van der Waals surface area contributed by atoms with Crippen LogP contribution >= 0.6 is 11.6 Å². The second kappa shape index (κ2) is 8.07. The molecule has 0 radical (unpaired) electrons. The molecule has 7 nitrogen and oxygen atoms in total. The standard InChI is InChI=1S/C18H19ClF2N6O/c1-10-5-16(25-27(10)18-13(19)9-23-26(18)2)17(28)24-12(8-22)6-11-3-4-14(20)15(21)7-11/h3-5,7,9,12H,6,8,22H2,1-2H3,(H,24,28)/t12-/m0/s1. The van der Waals surface area contributed by atoms with E-state index < -0.39 is 23.6 Å². The van der Waals surface area contributed by atoms with Crippen molar-refractivity contribution in [3.8, 4) is 5.82 Å². The van der Waals surface area contributed by atoms with E-state index in [1.54, 1.807) is 24.7 Å². The largest absolute Gasteiger partial charge is 0.346 e. The Kier molecular flexibility index (Phi) is 5.76. The molecule has 0 unspecified atom stereocenters. The molecule has 3 aromatic rings. The van der Waals surface area contributed by atoms with Crippen LogP contribution in [0.25, 0.3) is 5.82 Å². The number of carbonyl (C=O) groups excluding carboxylic acids is 1. The van der Waals surface area contributed by atoms with Crippen molar-refractivity contribution in [3.05, 3.63) is 64.1 Å². The van der Waals surface area contributed by atoms with Gasteiger partial charge in [-0.2, -0.15) is 10.2 Å². The highest BCUT2D eigenvalue weighted by molar-refractivity contribution is 6.32. The molecule has 148 valence electrons. The van der Waals surface area contributed by atoms with Crippen LogP contribution in [0.5, 0.6) is 0 Å². The summed E-state index contributed by atoms with van der Waals surface area (Å²) in [6, 6.07) is 4.74. The zero-order valence-electron chi connectivity index (χ0n) is 15.3. The van der Waals surface area contributed by atoms with Crippen molar-refractivity contribution in [2.75, 3.05) is 6.54 Å². The number of carbonyl (C=O) groups is 1. The highest BCUT2D eigenvalue weighted by atomic mass is 35.5. The van der Waals surface area contributed by atoms with Gasteiger partial charge in [0.05, 0.1) is 6.20 Å². The number of nitrogens with zero attached hydrogens (tertiary/aromatic N) is 4. The van der Waals surface area contributed by atoms with Crippen molar-refractivity contribution in [2.45, 2.75) is 19.4 Å². The van der Waals surface area contributed by atoms with Gasteiger partial charge in [0.2, 0.25) is 0 Å². The minimum Gasteiger partial charge on any atom is -0.346 e. The Balaban J connectivity index is 1.76. The molecule has 3 N–H and O–H groups in total. The van der Waals surface area contributed by atoms with Gasteiger partial charge in [-0.05, 0) is 37.1 Å². The van der Waals surface area contributed by atoms with Crippen molar-refractivity contribution in [1.29, 1.82) is 0 Å². The average molecular weight is 409 g/mol. The van der Waals surface area contributed by atoms with E-state index in [0.717, 1.165) is 12.1 Å². The lowest BCUT2D eigenvalue weighted by molar-refractivity contribution is 0.0932. The lowest BCUT2D eigenvalue weighted by Crippen LogP contribution is -2.42. The van der Waals surface area contributed by atoms with Gasteiger partial charge in [0.25, 0.3) is 5.91 Å². The summed E-state index contributed by atoms with van der Waals surface area (Å²) in [6.45, 7) is 1.91. The Morgan fingerprint density at radius 2 is 2.07 bits per heavy atom. The van der Waals surface area contributed by atoms with Crippen LogP contribution in [0.4, 0.5) is 8.78 Å². The van der Waals surface area contributed by atoms with Crippen LogP contribution in [0.1, 0.15) is 21.7 Å². The zero-order chi connectivity index (χ0) is 20.4. The number of rotatable bonds is 6. The fraction of sp³-hybridized carbons (Fsp3) is 0.278. The topological polar surface area (TPSA) is 90.8 Å². The van der Waals surface area contributed by atoms with Gasteiger partial charge in [-0.3, -0.25) is 4.79 Å². The number of amides is 1. The quantitative estimate of drug-likeness (QED) is 0.653. The Morgan fingerprint density at radius 3 is 2.68 bits per heavy atom. The summed E-state index contributed by atoms with van der Waals surface area (Å²) in [5.41, 5.74) is 7.13. The number of aromatic nitrogens is 4. The molecule has 0 aliphatic rings. The molecule has 1 aromatic carbocycles. The summed E-state index contributed by atoms with van der Waals surface area (Å²) in [5.74, 6) is -1.76. The number of aryl methyl sites for hydroxylation is 2. The SMILES string of the molecule is Cc1cc(C(=O)N[C@H](CN)Cc2ccc(F)c(F)c2)nn1-c1c(Cl)cnn1C. The van der Waals surface area contributed by atoms with Crippen molar-refractivity contribution in [3.63, 3.8) is 0 Å². The molecule has 0 spiro atoms. The van der Waals surface area contributed by atoms with Crippen molar-refractivity contribution >= 4 is 17.5 Å². The molecule has 0 saturated carbocycles. The maximum absolute atomic E-state index is 13.4. The Hall–Kier alpha value is -2.78. The van der Waals surface area contributed by atoms with E-state index in [4.69, 9.17) is 17.3 Å². The van der Waals surface area contributed by atoms with E-state index in [-0.39, 0.29) is 18.7 Å². The predicted molar refractivity (Wildman–Crippen MR) is 100 cm³/mol. The van der Waals surface area contributed by atoms with Crippen LogP contribution < -0.4 is 11.1 Å². The number of nitrogens with two attached hydrogens (primary N) is 1. The first-order valence-corrected chi connectivity index (χ1v) is 8.87. The van der Waals surface area contributed by atoms with Crippen LogP contribution in [0.15, 0.2) is 30.5 Å². The van der Waals surface area contributed by atoms with Crippen molar-refractivity contribution in [2.24, 2.45) is 12.8 Å². The molecule has 1 atom stereocenters. The number of hydrogen-bond acceptors (Lipinski definition) is 4. The van der Waals surface area contributed by atoms with E-state index in [9.17, 15) is 13.6 Å². The first-order chi connectivity index (χ1) is 13.3. The molecule has 3 rings (SSSR count). The molecule has 0 bridgehead atoms. The third kappa shape index (κ3) is 4.05. The molecule has 0 aliphatic carbocycles. The third-order valence-corrected chi connectivity index (χ3v) is 4.54. The Bertz CT molecular complexity index is 996. The minimum absolute atomic E-state index is 0.123. The van der Waals surface area contributed by atoms with Gasteiger partial charge >= 0.3 is 0 Å². The second-order valence-electron chi connectivity index (χ2n) is 6.38. The summed E-state index contributed by atoms with van der Waals surface area (Å²) in [4.78, 5) is 12.6. The summed E-state index contributed by atoms with van der Waals surface area (Å²) >= 11 is 6.14. The lowest BCUT2D eigenvalue weighted by atomic mass is 10.1. The van der Waals surface area contributed by atoms with Gasteiger partial charge < -0.3 is 11.1 Å². The van der Waals surface area contributed by atoms with Gasteiger partial charge in [-0.25, -0.2) is 18.1 Å². The maximum atomic E-state index is 13.4. The van der Waals surface area contributed by atoms with Gasteiger partial charge in [-0.1, -0.05) is 17.7 Å². The molecule has 0 fully saturated rings. The average Bonchev–Trinajstić information content (AvgIpc) is 3.19. The maximum Gasteiger partial charge on any atom is 0.272 e. The molecule has 28 heavy (non-hydrogen) atoms. The van der Waals surface area contributed by atoms with Crippen molar-refractivity contribution < 1.29 is 13.6 Å². The summed E-state index contributed by atoms with van der Waals surface area (Å²) in [6.07, 6.45) is 1.75. The molecule has 2 aromatic heterocycles. The Labute approximate surface area is 165 Å². The first kappa shape index (κ1) is 20.0. The molecular formula is C18H19ClF2N6O. The van der Waals surface area contributed by atoms with Crippen LogP contribution in [0, 0.1) is 18.6 Å². The van der Waals surface area contributed by atoms with Gasteiger partial charge in [0.1, 0.15) is 5.02 Å². The molecular weight excluding hydrogens is 390 g/mol. The Morgan fingerprint density at radius 1 is 1.32 bits per heavy atom. The summed E-state index contributed by atoms with van der Waals surface area (Å²) in [5, 5.41) is 11.5. The van der Waals surface area contributed by atoms with E-state index in [1.807, 2.05) is 0 Å². The van der Waals surface area contributed by atoms with E-state index in [0.29, 0.717) is 22.1 Å². The van der Waals surface area contributed by atoms with Crippen LogP contribution in [-0.4, -0.2) is 38.1 Å². The number of halogens is 3. The van der Waals surface area contributed by atoms with E-state index in [1.165, 1.54) is 16.9 Å². The van der Waals surface area contributed by atoms with Crippen LogP contribution in [0.2, 0.25) is 5.02 Å². The highest BCUT2D eigenvalue weighted by Crippen LogP contribution is 2.20. The van der Waals surface area contributed by atoms with E-state index >= 15 is 0 Å². The van der Waals surface area contributed by atoms with Gasteiger partial charge in [-0.15, -0.1) is 0 Å². The number of hydrogen-bond donors (Lipinski definition) is 2. The van der Waals surface area contributed by atoms with Gasteiger partial charge in [0, 0.05) is 25.3 Å². The summed E-state index contributed by atoms with van der Waals surface area (Å²) < 4.78 is 29.5. The summed E-state index contributed by atoms with van der Waals surface area (Å²) in [7, 11) is 1.72. The second-order valence-corrected chi connectivity index (χ2v) is 6.79. The predicted octanol–water partition coefficient (Wildman–Crippen LogP) is 2.15. The fourth-order valence-electron chi connectivity index (χ4n) is 2.85. The molecule has 0 saturated heterocycles. The van der Waals surface area contributed by atoms with Crippen molar-refractivity contribution in [1.82, 2.24) is 24.9 Å². The molecule has 10 heteroatoms. The number of benzene rings is 1. The normalized spacial score (nSPS) is 12.2. The number of nitrogens with one attached hydrogen (secondary N) is 1. The molecule has 0 aliphatic heterocycles. The molecule has 1 amide bonds. The minimum atomic E-state index is -0.943. The highest BCUT2D eigenvalue weighted by Gasteiger charge is 2.20. The first-order valence-electron chi connectivity index (χ1n) is 8.49. The van der Waals surface area contributed by atoms with Gasteiger partial charge in [0.15, 0.2) is 23.1 Å². The van der Waals surface area contributed by atoms with E-state index in [2.05, 4.69) is 15.5 Å². The molecule has 2 heterocycles. The fourth-order valence-corrected chi connectivity index (χ4v) is 3.09. The smallest absolute Gasteiger partial charge is 0.272 e.